The number of rotatable bonds is 6. The molecular formula is C12H17NO5S. The average Bonchev–Trinajstić information content (AvgIpc) is 2.37. The number of carbonyl (C=O) groups excluding carboxylic acids is 1. The summed E-state index contributed by atoms with van der Waals surface area (Å²) in [5.41, 5.74) is 0.106. The highest BCUT2D eigenvalue weighted by molar-refractivity contribution is 7.89. The van der Waals surface area contributed by atoms with Gasteiger partial charge in [-0.05, 0) is 24.6 Å². The largest absolute Gasteiger partial charge is 0.492 e. The Bertz CT molecular complexity index is 553. The van der Waals surface area contributed by atoms with Crippen LogP contribution in [0, 0.1) is 0 Å². The maximum Gasteiger partial charge on any atom is 0.337 e. The van der Waals surface area contributed by atoms with Crippen molar-refractivity contribution in [2.75, 3.05) is 13.7 Å². The first-order valence-electron chi connectivity index (χ1n) is 5.78. The molecule has 0 unspecified atom stereocenters. The molecule has 0 spiro atoms. The summed E-state index contributed by atoms with van der Waals surface area (Å²) in [5, 5.41) is 5.11. The SMILES string of the molecule is CCCCOc1ccc(C(=O)OC)cc1S(N)(=O)=O. The summed E-state index contributed by atoms with van der Waals surface area (Å²) < 4.78 is 32.9. The van der Waals surface area contributed by atoms with Crippen LogP contribution in [-0.2, 0) is 14.8 Å². The highest BCUT2D eigenvalue weighted by Crippen LogP contribution is 2.24. The molecule has 19 heavy (non-hydrogen) atoms. The molecule has 0 bridgehead atoms. The number of hydrogen-bond donors (Lipinski definition) is 1. The molecule has 2 N–H and O–H groups in total. The van der Waals surface area contributed by atoms with Gasteiger partial charge in [0, 0.05) is 0 Å². The molecule has 0 aromatic heterocycles. The molecule has 0 saturated carbocycles. The van der Waals surface area contributed by atoms with E-state index < -0.39 is 16.0 Å². The highest BCUT2D eigenvalue weighted by Gasteiger charge is 2.18. The van der Waals surface area contributed by atoms with Crippen molar-refractivity contribution in [2.45, 2.75) is 24.7 Å². The van der Waals surface area contributed by atoms with Gasteiger partial charge in [0.1, 0.15) is 10.6 Å². The Morgan fingerprint density at radius 3 is 2.58 bits per heavy atom. The van der Waals surface area contributed by atoms with Gasteiger partial charge >= 0.3 is 5.97 Å². The molecule has 0 fully saturated rings. The topological polar surface area (TPSA) is 95.7 Å². The van der Waals surface area contributed by atoms with Crippen LogP contribution in [0.3, 0.4) is 0 Å². The van der Waals surface area contributed by atoms with E-state index in [-0.39, 0.29) is 16.2 Å². The van der Waals surface area contributed by atoms with Gasteiger partial charge in [-0.3, -0.25) is 0 Å². The van der Waals surface area contributed by atoms with E-state index in [1.54, 1.807) is 0 Å². The molecule has 0 radical (unpaired) electrons. The summed E-state index contributed by atoms with van der Waals surface area (Å²) in [5.74, 6) is -0.492. The first-order valence-corrected chi connectivity index (χ1v) is 7.32. The molecule has 0 saturated heterocycles. The molecule has 1 aromatic rings. The molecule has 6 nitrogen and oxygen atoms in total. The van der Waals surface area contributed by atoms with Gasteiger partial charge < -0.3 is 9.47 Å². The maximum atomic E-state index is 11.5. The van der Waals surface area contributed by atoms with Crippen LogP contribution in [0.2, 0.25) is 0 Å². The number of hydrogen-bond acceptors (Lipinski definition) is 5. The number of esters is 1. The van der Waals surface area contributed by atoms with Crippen molar-refractivity contribution in [1.82, 2.24) is 0 Å². The van der Waals surface area contributed by atoms with E-state index in [1.807, 2.05) is 6.92 Å². The van der Waals surface area contributed by atoms with Crippen LogP contribution in [0.25, 0.3) is 0 Å². The van der Waals surface area contributed by atoms with E-state index in [1.165, 1.54) is 19.2 Å². The number of benzene rings is 1. The molecule has 0 amide bonds. The van der Waals surface area contributed by atoms with Gasteiger partial charge in [0.15, 0.2) is 0 Å². The second kappa shape index (κ2) is 6.53. The number of sulfonamides is 1. The van der Waals surface area contributed by atoms with Gasteiger partial charge in [-0.1, -0.05) is 13.3 Å². The predicted molar refractivity (Wildman–Crippen MR) is 69.6 cm³/mol. The molecule has 1 rings (SSSR count). The van der Waals surface area contributed by atoms with Crippen LogP contribution >= 0.6 is 0 Å². The fourth-order valence-corrected chi connectivity index (χ4v) is 2.12. The minimum absolute atomic E-state index is 0.106. The molecule has 0 aliphatic rings. The fraction of sp³-hybridized carbons (Fsp3) is 0.417. The third kappa shape index (κ3) is 4.22. The molecule has 0 aliphatic carbocycles. The number of unbranched alkanes of at least 4 members (excludes halogenated alkanes) is 1. The van der Waals surface area contributed by atoms with Crippen LogP contribution < -0.4 is 9.88 Å². The summed E-state index contributed by atoms with van der Waals surface area (Å²) in [6.45, 7) is 2.38. The molecule has 0 aliphatic heterocycles. The van der Waals surface area contributed by atoms with Crippen LogP contribution in [-0.4, -0.2) is 28.1 Å². The number of methoxy groups -OCH3 is 1. The van der Waals surface area contributed by atoms with E-state index >= 15 is 0 Å². The van der Waals surface area contributed by atoms with E-state index in [0.717, 1.165) is 18.9 Å². The van der Waals surface area contributed by atoms with Gasteiger partial charge in [0.2, 0.25) is 10.0 Å². The lowest BCUT2D eigenvalue weighted by molar-refractivity contribution is 0.0600. The first-order chi connectivity index (χ1) is 8.90. The minimum atomic E-state index is -3.97. The molecular weight excluding hydrogens is 270 g/mol. The summed E-state index contributed by atoms with van der Waals surface area (Å²) in [4.78, 5) is 11.1. The van der Waals surface area contributed by atoms with Crippen molar-refractivity contribution in [3.63, 3.8) is 0 Å². The normalized spacial score (nSPS) is 11.1. The lowest BCUT2D eigenvalue weighted by atomic mass is 10.2. The minimum Gasteiger partial charge on any atom is -0.492 e. The number of ether oxygens (including phenoxy) is 2. The smallest absolute Gasteiger partial charge is 0.337 e. The number of primary sulfonamides is 1. The first kappa shape index (κ1) is 15.5. The van der Waals surface area contributed by atoms with Crippen LogP contribution in [0.1, 0.15) is 30.1 Å². The molecule has 1 aromatic carbocycles. The van der Waals surface area contributed by atoms with E-state index in [9.17, 15) is 13.2 Å². The zero-order chi connectivity index (χ0) is 14.5. The second-order valence-electron chi connectivity index (χ2n) is 3.90. The third-order valence-corrected chi connectivity index (χ3v) is 3.36. The Labute approximate surface area is 112 Å². The Kier molecular flexibility index (Phi) is 5.31. The fourth-order valence-electron chi connectivity index (χ4n) is 1.42. The summed E-state index contributed by atoms with van der Waals surface area (Å²) in [6, 6.07) is 3.99. The van der Waals surface area contributed by atoms with Crippen molar-refractivity contribution in [2.24, 2.45) is 5.14 Å². The molecule has 7 heteroatoms. The van der Waals surface area contributed by atoms with Gasteiger partial charge in [-0.15, -0.1) is 0 Å². The number of nitrogens with two attached hydrogens (primary N) is 1. The zero-order valence-corrected chi connectivity index (χ0v) is 11.7. The van der Waals surface area contributed by atoms with Gasteiger partial charge in [0.05, 0.1) is 19.3 Å². The van der Waals surface area contributed by atoms with Crippen molar-refractivity contribution in [1.29, 1.82) is 0 Å². The lowest BCUT2D eigenvalue weighted by Gasteiger charge is -2.11. The molecule has 0 atom stereocenters. The molecule has 106 valence electrons. The van der Waals surface area contributed by atoms with Crippen LogP contribution in [0.5, 0.6) is 5.75 Å². The highest BCUT2D eigenvalue weighted by atomic mass is 32.2. The lowest BCUT2D eigenvalue weighted by Crippen LogP contribution is -2.15. The Hall–Kier alpha value is -1.60. The Morgan fingerprint density at radius 1 is 1.37 bits per heavy atom. The summed E-state index contributed by atoms with van der Waals surface area (Å²) in [6.07, 6.45) is 1.72. The van der Waals surface area contributed by atoms with E-state index in [4.69, 9.17) is 9.88 Å². The van der Waals surface area contributed by atoms with Crippen LogP contribution in [0.15, 0.2) is 23.1 Å². The van der Waals surface area contributed by atoms with Crippen molar-refractivity contribution in [3.8, 4) is 5.75 Å². The monoisotopic (exact) mass is 287 g/mol. The standard InChI is InChI=1S/C12H17NO5S/c1-3-4-7-18-10-6-5-9(12(14)17-2)8-11(10)19(13,15)16/h5-6,8H,3-4,7H2,1-2H3,(H2,13,15,16). The summed E-state index contributed by atoms with van der Waals surface area (Å²) in [7, 11) is -2.75. The maximum absolute atomic E-state index is 11.5. The second-order valence-corrected chi connectivity index (χ2v) is 5.43. The van der Waals surface area contributed by atoms with Gasteiger partial charge in [0.25, 0.3) is 0 Å². The van der Waals surface area contributed by atoms with Crippen LogP contribution in [0.4, 0.5) is 0 Å². The Balaban J connectivity index is 3.14. The quantitative estimate of drug-likeness (QED) is 0.628. The summed E-state index contributed by atoms with van der Waals surface area (Å²) >= 11 is 0. The third-order valence-electron chi connectivity index (χ3n) is 2.43. The van der Waals surface area contributed by atoms with E-state index in [2.05, 4.69) is 4.74 Å². The van der Waals surface area contributed by atoms with Crippen molar-refractivity contribution >= 4 is 16.0 Å². The average molecular weight is 287 g/mol. The predicted octanol–water partition coefficient (Wildman–Crippen LogP) is 1.30. The van der Waals surface area contributed by atoms with Crippen molar-refractivity contribution < 1.29 is 22.7 Å². The Morgan fingerprint density at radius 2 is 2.05 bits per heavy atom. The van der Waals surface area contributed by atoms with Gasteiger partial charge in [-0.25, -0.2) is 18.4 Å². The molecule has 0 heterocycles. The van der Waals surface area contributed by atoms with Crippen molar-refractivity contribution in [3.05, 3.63) is 23.8 Å². The zero-order valence-electron chi connectivity index (χ0n) is 10.9. The van der Waals surface area contributed by atoms with Gasteiger partial charge in [-0.2, -0.15) is 0 Å². The van der Waals surface area contributed by atoms with E-state index in [0.29, 0.717) is 6.61 Å². The number of carbonyl (C=O) groups is 1.